The van der Waals surface area contributed by atoms with Crippen LogP contribution in [0, 0.1) is 0 Å². The van der Waals surface area contributed by atoms with Crippen molar-refractivity contribution < 1.29 is 24.2 Å². The van der Waals surface area contributed by atoms with Crippen LogP contribution in [-0.2, 0) is 14.3 Å². The molecule has 0 saturated heterocycles. The van der Waals surface area contributed by atoms with Crippen LogP contribution in [0.5, 0.6) is 0 Å². The van der Waals surface area contributed by atoms with E-state index in [1.54, 1.807) is 6.07 Å². The zero-order valence-electron chi connectivity index (χ0n) is 17.0. The monoisotopic (exact) mass is 451 g/mol. The maximum absolute atomic E-state index is 12.6. The van der Waals surface area contributed by atoms with Crippen LogP contribution in [0.15, 0.2) is 60.8 Å². The van der Waals surface area contributed by atoms with Crippen molar-refractivity contribution >= 4 is 34.5 Å². The van der Waals surface area contributed by atoms with Crippen LogP contribution < -0.4 is 10.6 Å². The van der Waals surface area contributed by atoms with E-state index in [0.29, 0.717) is 5.00 Å². The van der Waals surface area contributed by atoms with E-state index in [1.165, 1.54) is 6.20 Å². The lowest BCUT2D eigenvalue weighted by molar-refractivity contribution is -0.137. The van der Waals surface area contributed by atoms with Crippen molar-refractivity contribution in [1.82, 2.24) is 9.69 Å². The lowest BCUT2D eigenvalue weighted by Gasteiger charge is -2.19. The molecule has 3 aromatic rings. The lowest BCUT2D eigenvalue weighted by Crippen LogP contribution is -2.44. The minimum atomic E-state index is -1.06. The maximum Gasteiger partial charge on any atom is 0.407 e. The summed E-state index contributed by atoms with van der Waals surface area (Å²) < 4.78 is 9.38. The summed E-state index contributed by atoms with van der Waals surface area (Å²) in [4.78, 5) is 36.0. The Hall–Kier alpha value is -3.72. The van der Waals surface area contributed by atoms with Crippen molar-refractivity contribution in [3.63, 3.8) is 0 Å². The molecule has 4 rings (SSSR count). The molecule has 0 fully saturated rings. The largest absolute Gasteiger partial charge is 0.481 e. The summed E-state index contributed by atoms with van der Waals surface area (Å²) in [5.41, 5.74) is 4.37. The van der Waals surface area contributed by atoms with Crippen molar-refractivity contribution in [3.8, 4) is 11.1 Å². The van der Waals surface area contributed by atoms with Gasteiger partial charge in [0.2, 0.25) is 5.91 Å². The minimum absolute atomic E-state index is 0.0653. The predicted octanol–water partition coefficient (Wildman–Crippen LogP) is 3.85. The van der Waals surface area contributed by atoms with Crippen molar-refractivity contribution in [2.24, 2.45) is 0 Å². The fourth-order valence-electron chi connectivity index (χ4n) is 3.81. The number of carboxylic acids is 1. The molecule has 8 nitrogen and oxygen atoms in total. The molecule has 1 heterocycles. The van der Waals surface area contributed by atoms with Crippen LogP contribution in [0.3, 0.4) is 0 Å². The van der Waals surface area contributed by atoms with Gasteiger partial charge in [-0.3, -0.25) is 9.59 Å². The van der Waals surface area contributed by atoms with Crippen LogP contribution in [0.25, 0.3) is 11.1 Å². The third-order valence-corrected chi connectivity index (χ3v) is 5.95. The molecule has 1 atom stereocenters. The number of amides is 2. The van der Waals surface area contributed by atoms with Gasteiger partial charge in [-0.15, -0.1) is 0 Å². The molecule has 9 heteroatoms. The number of carboxylic acid groups (broad SMARTS) is 1. The highest BCUT2D eigenvalue weighted by Gasteiger charge is 2.30. The number of alkyl carbamates (subject to hydrolysis) is 1. The van der Waals surface area contributed by atoms with Gasteiger partial charge in [0.1, 0.15) is 17.6 Å². The number of hydrogen-bond donors (Lipinski definition) is 3. The Morgan fingerprint density at radius 1 is 1.03 bits per heavy atom. The summed E-state index contributed by atoms with van der Waals surface area (Å²) in [6, 6.07) is 16.5. The van der Waals surface area contributed by atoms with E-state index in [2.05, 4.69) is 15.0 Å². The molecule has 0 saturated carbocycles. The van der Waals surface area contributed by atoms with E-state index in [1.807, 2.05) is 48.5 Å². The highest BCUT2D eigenvalue weighted by Crippen LogP contribution is 2.44. The van der Waals surface area contributed by atoms with Crippen LogP contribution in [0.4, 0.5) is 9.80 Å². The Labute approximate surface area is 188 Å². The summed E-state index contributed by atoms with van der Waals surface area (Å²) in [5, 5.41) is 14.6. The molecule has 1 aliphatic rings. The molecule has 164 valence electrons. The fourth-order valence-corrected chi connectivity index (χ4v) is 4.31. The van der Waals surface area contributed by atoms with Crippen molar-refractivity contribution in [2.75, 3.05) is 11.9 Å². The summed E-state index contributed by atoms with van der Waals surface area (Å²) in [7, 11) is 0. The first kappa shape index (κ1) is 21.5. The van der Waals surface area contributed by atoms with Gasteiger partial charge in [0.05, 0.1) is 0 Å². The summed E-state index contributed by atoms with van der Waals surface area (Å²) in [5.74, 6) is -1.70. The van der Waals surface area contributed by atoms with E-state index < -0.39 is 24.0 Å². The molecule has 2 amide bonds. The first-order chi connectivity index (χ1) is 15.5. The second kappa shape index (κ2) is 9.61. The zero-order valence-corrected chi connectivity index (χ0v) is 17.8. The smallest absolute Gasteiger partial charge is 0.407 e. The van der Waals surface area contributed by atoms with Gasteiger partial charge in [-0.05, 0) is 46.3 Å². The van der Waals surface area contributed by atoms with Crippen LogP contribution >= 0.6 is 11.5 Å². The van der Waals surface area contributed by atoms with E-state index >= 15 is 0 Å². The number of nitrogens with zero attached hydrogens (tertiary/aromatic N) is 1. The lowest BCUT2D eigenvalue weighted by atomic mass is 9.98. The van der Waals surface area contributed by atoms with Crippen molar-refractivity contribution in [1.29, 1.82) is 0 Å². The van der Waals surface area contributed by atoms with Crippen molar-refractivity contribution in [2.45, 2.75) is 24.8 Å². The molecule has 0 aliphatic heterocycles. The number of ether oxygens (including phenoxy) is 1. The second-order valence-corrected chi connectivity index (χ2v) is 8.15. The SMILES string of the molecule is O=C(O)CCC(NC(=O)OCC1c2ccccc2-c2ccccc21)C(=O)Nc1ccns1. The number of fused-ring (bicyclic) bond motifs is 3. The van der Waals surface area contributed by atoms with Gasteiger partial charge in [0.25, 0.3) is 0 Å². The average molecular weight is 452 g/mol. The first-order valence-electron chi connectivity index (χ1n) is 10.1. The van der Waals surface area contributed by atoms with Gasteiger partial charge in [-0.1, -0.05) is 48.5 Å². The molecule has 1 aromatic heterocycles. The summed E-state index contributed by atoms with van der Waals surface area (Å²) in [6.45, 7) is 0.0992. The Morgan fingerprint density at radius 3 is 2.28 bits per heavy atom. The standard InChI is InChI=1S/C23H21N3O5S/c27-21(28)10-9-19(22(29)26-20-11-12-24-32-20)25-23(30)31-13-18-16-7-3-1-5-14(16)15-6-2-4-8-17(15)18/h1-8,11-12,18-19H,9-10,13H2,(H,25,30)(H,26,29)(H,27,28). The van der Waals surface area contributed by atoms with Gasteiger partial charge in [-0.2, -0.15) is 4.37 Å². The zero-order chi connectivity index (χ0) is 22.5. The number of hydrogen-bond acceptors (Lipinski definition) is 6. The van der Waals surface area contributed by atoms with E-state index in [-0.39, 0.29) is 25.4 Å². The quantitative estimate of drug-likeness (QED) is 0.479. The molecule has 0 radical (unpaired) electrons. The maximum atomic E-state index is 12.6. The number of rotatable bonds is 8. The minimum Gasteiger partial charge on any atom is -0.481 e. The number of carbonyl (C=O) groups is 3. The van der Waals surface area contributed by atoms with Gasteiger partial charge in [0.15, 0.2) is 0 Å². The highest BCUT2D eigenvalue weighted by molar-refractivity contribution is 7.10. The van der Waals surface area contributed by atoms with E-state index in [4.69, 9.17) is 9.84 Å². The van der Waals surface area contributed by atoms with Gasteiger partial charge in [-0.25, -0.2) is 4.79 Å². The molecular formula is C23H21N3O5S. The van der Waals surface area contributed by atoms with Crippen LogP contribution in [-0.4, -0.2) is 40.1 Å². The Morgan fingerprint density at radius 2 is 1.69 bits per heavy atom. The Kier molecular flexibility index (Phi) is 6.46. The van der Waals surface area contributed by atoms with E-state index in [0.717, 1.165) is 33.8 Å². The number of anilines is 1. The summed E-state index contributed by atoms with van der Waals surface area (Å²) >= 11 is 1.08. The number of aliphatic carboxylic acids is 1. The van der Waals surface area contributed by atoms with Gasteiger partial charge >= 0.3 is 12.1 Å². The highest BCUT2D eigenvalue weighted by atomic mass is 32.1. The first-order valence-corrected chi connectivity index (χ1v) is 10.8. The van der Waals surface area contributed by atoms with Crippen LogP contribution in [0.1, 0.15) is 29.9 Å². The number of carbonyl (C=O) groups excluding carboxylic acids is 2. The molecule has 0 bridgehead atoms. The molecule has 32 heavy (non-hydrogen) atoms. The van der Waals surface area contributed by atoms with Crippen LogP contribution in [0.2, 0.25) is 0 Å². The van der Waals surface area contributed by atoms with Gasteiger partial charge < -0.3 is 20.5 Å². The molecule has 3 N–H and O–H groups in total. The Balaban J connectivity index is 1.42. The molecular weight excluding hydrogens is 430 g/mol. The topological polar surface area (TPSA) is 118 Å². The Bertz CT molecular complexity index is 1090. The van der Waals surface area contributed by atoms with Gasteiger partial charge in [0, 0.05) is 18.5 Å². The molecule has 1 aliphatic carbocycles. The average Bonchev–Trinajstić information content (AvgIpc) is 3.41. The third-order valence-electron chi connectivity index (χ3n) is 5.28. The fraction of sp³-hybridized carbons (Fsp3) is 0.217. The van der Waals surface area contributed by atoms with Crippen molar-refractivity contribution in [3.05, 3.63) is 71.9 Å². The molecule has 1 unspecified atom stereocenters. The summed E-state index contributed by atoms with van der Waals surface area (Å²) in [6.07, 6.45) is 0.418. The second-order valence-electron chi connectivity index (χ2n) is 7.32. The predicted molar refractivity (Wildman–Crippen MR) is 120 cm³/mol. The number of nitrogens with one attached hydrogen (secondary N) is 2. The number of aromatic nitrogens is 1. The molecule has 2 aromatic carbocycles. The number of benzene rings is 2. The normalized spacial score (nSPS) is 13.0. The molecule has 0 spiro atoms. The third kappa shape index (κ3) is 4.78. The van der Waals surface area contributed by atoms with E-state index in [9.17, 15) is 14.4 Å².